The molecule has 1 aliphatic rings. The number of aromatic nitrogens is 1. The maximum absolute atomic E-state index is 12.2. The Bertz CT molecular complexity index is 730. The summed E-state index contributed by atoms with van der Waals surface area (Å²) >= 11 is 0. The average molecular weight is 355 g/mol. The van der Waals surface area contributed by atoms with Crippen molar-refractivity contribution in [2.45, 2.75) is 19.9 Å². The van der Waals surface area contributed by atoms with Gasteiger partial charge in [-0.05, 0) is 24.6 Å². The molecule has 0 saturated carbocycles. The summed E-state index contributed by atoms with van der Waals surface area (Å²) in [5.74, 6) is 1.32. The van der Waals surface area contributed by atoms with Crippen molar-refractivity contribution >= 4 is 5.91 Å². The van der Waals surface area contributed by atoms with Crippen LogP contribution < -0.4 is 10.1 Å². The fourth-order valence-corrected chi connectivity index (χ4v) is 2.79. The zero-order valence-electron chi connectivity index (χ0n) is 15.1. The summed E-state index contributed by atoms with van der Waals surface area (Å²) in [6, 6.07) is 11.6. The lowest BCUT2D eigenvalue weighted by Crippen LogP contribution is -2.38. The summed E-state index contributed by atoms with van der Waals surface area (Å²) in [4.78, 5) is 18.7. The number of carbonyl (C=O) groups excluding carboxylic acids is 1. The maximum atomic E-state index is 12.2. The Morgan fingerprint density at radius 3 is 2.85 bits per heavy atom. The molecule has 1 aromatic heterocycles. The van der Waals surface area contributed by atoms with Crippen molar-refractivity contribution in [3.8, 4) is 11.6 Å². The molecule has 0 unspecified atom stereocenters. The number of amides is 1. The van der Waals surface area contributed by atoms with Gasteiger partial charge in [-0.1, -0.05) is 24.3 Å². The van der Waals surface area contributed by atoms with Gasteiger partial charge < -0.3 is 14.8 Å². The third-order valence-corrected chi connectivity index (χ3v) is 4.38. The number of nitrogens with zero attached hydrogens (tertiary/aromatic N) is 2. The molecule has 3 rings (SSSR count). The Morgan fingerprint density at radius 1 is 1.23 bits per heavy atom. The molecular weight excluding hydrogens is 330 g/mol. The number of hydrogen-bond acceptors (Lipinski definition) is 5. The van der Waals surface area contributed by atoms with Gasteiger partial charge >= 0.3 is 0 Å². The molecule has 2 heterocycles. The van der Waals surface area contributed by atoms with E-state index in [1.807, 2.05) is 43.3 Å². The Labute approximate surface area is 154 Å². The smallest absolute Gasteiger partial charge is 0.224 e. The number of morpholine rings is 1. The van der Waals surface area contributed by atoms with E-state index < -0.39 is 0 Å². The number of benzene rings is 1. The third kappa shape index (κ3) is 5.28. The van der Waals surface area contributed by atoms with E-state index in [4.69, 9.17) is 9.47 Å². The lowest BCUT2D eigenvalue weighted by Gasteiger charge is -2.26. The van der Waals surface area contributed by atoms with E-state index >= 15 is 0 Å². The summed E-state index contributed by atoms with van der Waals surface area (Å²) in [6.45, 7) is 6.43. The lowest BCUT2D eigenvalue weighted by molar-refractivity contribution is -0.121. The Morgan fingerprint density at radius 2 is 2.04 bits per heavy atom. The van der Waals surface area contributed by atoms with Crippen LogP contribution in [0.5, 0.6) is 11.6 Å². The van der Waals surface area contributed by atoms with Gasteiger partial charge in [-0.2, -0.15) is 0 Å². The van der Waals surface area contributed by atoms with Crippen molar-refractivity contribution in [2.75, 3.05) is 32.8 Å². The van der Waals surface area contributed by atoms with Crippen molar-refractivity contribution < 1.29 is 14.3 Å². The van der Waals surface area contributed by atoms with Crippen LogP contribution in [-0.4, -0.2) is 48.6 Å². The average Bonchev–Trinajstić information content (AvgIpc) is 2.68. The Balaban J connectivity index is 1.53. The highest BCUT2D eigenvalue weighted by Crippen LogP contribution is 2.25. The molecule has 1 saturated heterocycles. The third-order valence-electron chi connectivity index (χ3n) is 4.38. The van der Waals surface area contributed by atoms with E-state index in [1.54, 1.807) is 6.20 Å². The molecule has 26 heavy (non-hydrogen) atoms. The predicted molar refractivity (Wildman–Crippen MR) is 99.2 cm³/mol. The van der Waals surface area contributed by atoms with E-state index in [2.05, 4.69) is 15.2 Å². The summed E-state index contributed by atoms with van der Waals surface area (Å²) in [6.07, 6.45) is 2.17. The number of hydrogen-bond donors (Lipinski definition) is 1. The number of carbonyl (C=O) groups is 1. The minimum Gasteiger partial charge on any atom is -0.438 e. The van der Waals surface area contributed by atoms with Crippen molar-refractivity contribution in [2.24, 2.45) is 0 Å². The number of rotatable bonds is 7. The number of nitrogens with one attached hydrogen (secondary N) is 1. The van der Waals surface area contributed by atoms with Crippen LogP contribution in [-0.2, 0) is 16.1 Å². The lowest BCUT2D eigenvalue weighted by atomic mass is 10.2. The molecule has 1 aliphatic heterocycles. The molecule has 1 N–H and O–H groups in total. The highest BCUT2D eigenvalue weighted by Gasteiger charge is 2.13. The molecule has 1 fully saturated rings. The second-order valence-corrected chi connectivity index (χ2v) is 6.32. The van der Waals surface area contributed by atoms with Crippen LogP contribution in [0.2, 0.25) is 0 Å². The van der Waals surface area contributed by atoms with Crippen molar-refractivity contribution in [1.29, 1.82) is 0 Å². The van der Waals surface area contributed by atoms with Crippen LogP contribution in [0.1, 0.15) is 17.5 Å². The number of ether oxygens (including phenoxy) is 2. The van der Waals surface area contributed by atoms with Gasteiger partial charge in [-0.25, -0.2) is 4.98 Å². The maximum Gasteiger partial charge on any atom is 0.224 e. The first kappa shape index (κ1) is 18.4. The second-order valence-electron chi connectivity index (χ2n) is 6.32. The normalized spacial score (nSPS) is 14.8. The molecule has 6 nitrogen and oxygen atoms in total. The summed E-state index contributed by atoms with van der Waals surface area (Å²) in [7, 11) is 0. The van der Waals surface area contributed by atoms with E-state index in [0.717, 1.165) is 49.7 Å². The largest absolute Gasteiger partial charge is 0.438 e. The summed E-state index contributed by atoms with van der Waals surface area (Å²) in [5, 5.41) is 2.96. The van der Waals surface area contributed by atoms with E-state index in [9.17, 15) is 4.79 Å². The molecule has 0 atom stereocenters. The summed E-state index contributed by atoms with van der Waals surface area (Å²) < 4.78 is 11.3. The number of aryl methyl sites for hydroxylation is 1. The predicted octanol–water partition coefficient (Wildman–Crippen LogP) is 2.52. The molecule has 2 aromatic rings. The molecule has 6 heteroatoms. The van der Waals surface area contributed by atoms with Gasteiger partial charge in [0.25, 0.3) is 0 Å². The first-order valence-electron chi connectivity index (χ1n) is 8.96. The quantitative estimate of drug-likeness (QED) is 0.827. The standard InChI is InChI=1S/C20H25N3O3/c1-16-5-2-3-7-18(16)26-20-17(6-4-9-21-20)15-22-19(24)8-10-23-11-13-25-14-12-23/h2-7,9H,8,10-15H2,1H3,(H,22,24). The topological polar surface area (TPSA) is 63.7 Å². The zero-order chi connectivity index (χ0) is 18.2. The van der Waals surface area contributed by atoms with Gasteiger partial charge in [-0.3, -0.25) is 9.69 Å². The molecule has 0 aliphatic carbocycles. The van der Waals surface area contributed by atoms with Crippen LogP contribution in [0, 0.1) is 6.92 Å². The van der Waals surface area contributed by atoms with E-state index in [1.165, 1.54) is 0 Å². The van der Waals surface area contributed by atoms with Crippen LogP contribution >= 0.6 is 0 Å². The Hall–Kier alpha value is -2.44. The van der Waals surface area contributed by atoms with Crippen LogP contribution in [0.25, 0.3) is 0 Å². The van der Waals surface area contributed by atoms with Crippen LogP contribution in [0.4, 0.5) is 0 Å². The molecule has 1 amide bonds. The highest BCUT2D eigenvalue weighted by atomic mass is 16.5. The van der Waals surface area contributed by atoms with Gasteiger partial charge in [0.1, 0.15) is 5.75 Å². The van der Waals surface area contributed by atoms with Crippen LogP contribution in [0.15, 0.2) is 42.6 Å². The molecular formula is C20H25N3O3. The minimum absolute atomic E-state index is 0.0298. The van der Waals surface area contributed by atoms with Crippen LogP contribution in [0.3, 0.4) is 0 Å². The fraction of sp³-hybridized carbons (Fsp3) is 0.400. The van der Waals surface area contributed by atoms with Crippen molar-refractivity contribution in [3.05, 3.63) is 53.7 Å². The van der Waals surface area contributed by atoms with E-state index in [0.29, 0.717) is 18.8 Å². The van der Waals surface area contributed by atoms with Gasteiger partial charge in [0.05, 0.1) is 13.2 Å². The highest BCUT2D eigenvalue weighted by molar-refractivity contribution is 5.76. The van der Waals surface area contributed by atoms with Gasteiger partial charge in [0, 0.05) is 44.4 Å². The van der Waals surface area contributed by atoms with Crippen molar-refractivity contribution in [3.63, 3.8) is 0 Å². The second kappa shape index (κ2) is 9.31. The van der Waals surface area contributed by atoms with Gasteiger partial charge in [0.2, 0.25) is 11.8 Å². The molecule has 0 spiro atoms. The first-order valence-corrected chi connectivity index (χ1v) is 8.96. The fourth-order valence-electron chi connectivity index (χ4n) is 2.79. The monoisotopic (exact) mass is 355 g/mol. The van der Waals surface area contributed by atoms with E-state index in [-0.39, 0.29) is 5.91 Å². The molecule has 138 valence electrons. The SMILES string of the molecule is Cc1ccccc1Oc1ncccc1CNC(=O)CCN1CCOCC1. The summed E-state index contributed by atoms with van der Waals surface area (Å²) in [5.41, 5.74) is 1.90. The Kier molecular flexibility index (Phi) is 6.57. The number of pyridine rings is 1. The molecule has 0 radical (unpaired) electrons. The minimum atomic E-state index is 0.0298. The number of para-hydroxylation sites is 1. The van der Waals surface area contributed by atoms with Gasteiger partial charge in [-0.15, -0.1) is 0 Å². The molecule has 1 aromatic carbocycles. The van der Waals surface area contributed by atoms with Crippen molar-refractivity contribution in [1.82, 2.24) is 15.2 Å². The van der Waals surface area contributed by atoms with Gasteiger partial charge in [0.15, 0.2) is 0 Å². The molecule has 0 bridgehead atoms. The first-order chi connectivity index (χ1) is 12.7. The zero-order valence-corrected chi connectivity index (χ0v) is 15.1.